The standard InChI is InChI=1S/C24H24BrF3N2O6/c1-14(29-22(32)24(26,27)28)20(15-4-8-17(25)9-5-15)35-18-10-6-16(7-11-18)21(31)36-19-3-2-12-30(13-19)23(33)34/h4-11,14,19-20H,2-3,12-13H2,1H3,(H,29,32)(H,33,34)/t14-,19-,20-/m0/s1. The molecule has 1 saturated heterocycles. The molecule has 1 heterocycles. The molecule has 1 aliphatic rings. The van der Waals surface area contributed by atoms with Crippen molar-refractivity contribution in [1.29, 1.82) is 0 Å². The summed E-state index contributed by atoms with van der Waals surface area (Å²) in [4.78, 5) is 36.3. The Balaban J connectivity index is 1.70. The van der Waals surface area contributed by atoms with Crippen LogP contribution < -0.4 is 10.1 Å². The first-order valence-electron chi connectivity index (χ1n) is 11.0. The lowest BCUT2D eigenvalue weighted by molar-refractivity contribution is -0.174. The molecule has 1 fully saturated rings. The van der Waals surface area contributed by atoms with Gasteiger partial charge in [-0.1, -0.05) is 28.1 Å². The fraction of sp³-hybridized carbons (Fsp3) is 0.375. The van der Waals surface area contributed by atoms with Gasteiger partial charge in [-0.05, 0) is 61.7 Å². The van der Waals surface area contributed by atoms with Crippen LogP contribution in [-0.4, -0.2) is 59.4 Å². The Kier molecular flexibility index (Phi) is 8.83. The number of benzene rings is 2. The molecule has 1 aliphatic heterocycles. The van der Waals surface area contributed by atoms with Crippen molar-refractivity contribution in [3.05, 3.63) is 64.1 Å². The van der Waals surface area contributed by atoms with Gasteiger partial charge in [0.1, 0.15) is 18.0 Å². The van der Waals surface area contributed by atoms with E-state index in [1.54, 1.807) is 24.3 Å². The van der Waals surface area contributed by atoms with Crippen LogP contribution >= 0.6 is 15.9 Å². The number of nitrogens with one attached hydrogen (secondary N) is 1. The van der Waals surface area contributed by atoms with Gasteiger partial charge in [-0.2, -0.15) is 13.2 Å². The van der Waals surface area contributed by atoms with Crippen molar-refractivity contribution in [1.82, 2.24) is 10.2 Å². The van der Waals surface area contributed by atoms with E-state index >= 15 is 0 Å². The SMILES string of the molecule is C[C@H](NC(=O)C(F)(F)F)[C@H](Oc1ccc(C(=O)O[C@H]2CCCN(C(=O)O)C2)cc1)c1ccc(Br)cc1. The molecule has 0 unspecified atom stereocenters. The quantitative estimate of drug-likeness (QED) is 0.455. The number of carbonyl (C=O) groups is 3. The zero-order chi connectivity index (χ0) is 26.5. The minimum atomic E-state index is -5.04. The highest BCUT2D eigenvalue weighted by atomic mass is 79.9. The van der Waals surface area contributed by atoms with Crippen molar-refractivity contribution in [3.8, 4) is 5.75 Å². The number of amides is 2. The van der Waals surface area contributed by atoms with Crippen LogP contribution in [0.4, 0.5) is 18.0 Å². The van der Waals surface area contributed by atoms with E-state index in [9.17, 15) is 27.6 Å². The van der Waals surface area contributed by atoms with Crippen molar-refractivity contribution in [2.24, 2.45) is 0 Å². The van der Waals surface area contributed by atoms with E-state index in [1.807, 2.05) is 5.32 Å². The van der Waals surface area contributed by atoms with E-state index in [0.29, 0.717) is 24.9 Å². The van der Waals surface area contributed by atoms with Gasteiger partial charge < -0.3 is 24.8 Å². The number of hydrogen-bond acceptors (Lipinski definition) is 5. The van der Waals surface area contributed by atoms with Gasteiger partial charge in [-0.3, -0.25) is 4.79 Å². The number of nitrogens with zero attached hydrogens (tertiary/aromatic N) is 1. The molecule has 0 radical (unpaired) electrons. The first kappa shape index (κ1) is 27.3. The minimum Gasteiger partial charge on any atom is -0.484 e. The number of piperidine rings is 1. The first-order valence-corrected chi connectivity index (χ1v) is 11.8. The average Bonchev–Trinajstić information content (AvgIpc) is 2.83. The maximum absolute atomic E-state index is 12.8. The predicted octanol–water partition coefficient (Wildman–Crippen LogP) is 4.94. The molecule has 0 saturated carbocycles. The summed E-state index contributed by atoms with van der Waals surface area (Å²) in [6.45, 7) is 1.88. The fourth-order valence-electron chi connectivity index (χ4n) is 3.72. The monoisotopic (exact) mass is 572 g/mol. The molecule has 2 amide bonds. The molecule has 2 aromatic rings. The zero-order valence-corrected chi connectivity index (χ0v) is 20.7. The molecule has 0 bridgehead atoms. The van der Waals surface area contributed by atoms with Gasteiger partial charge in [-0.15, -0.1) is 0 Å². The second-order valence-corrected chi connectivity index (χ2v) is 9.19. The third kappa shape index (κ3) is 7.36. The fourth-order valence-corrected chi connectivity index (χ4v) is 3.98. The Hall–Kier alpha value is -3.28. The zero-order valence-electron chi connectivity index (χ0n) is 19.1. The number of hydrogen-bond donors (Lipinski definition) is 2. The van der Waals surface area contributed by atoms with Gasteiger partial charge in [0.2, 0.25) is 0 Å². The average molecular weight is 573 g/mol. The van der Waals surface area contributed by atoms with E-state index in [2.05, 4.69) is 15.9 Å². The molecule has 36 heavy (non-hydrogen) atoms. The van der Waals surface area contributed by atoms with Crippen LogP contribution in [0.25, 0.3) is 0 Å². The summed E-state index contributed by atoms with van der Waals surface area (Å²) < 4.78 is 50.4. The lowest BCUT2D eigenvalue weighted by atomic mass is 10.0. The van der Waals surface area contributed by atoms with Crippen molar-refractivity contribution >= 4 is 33.9 Å². The van der Waals surface area contributed by atoms with Crippen molar-refractivity contribution in [2.45, 2.75) is 44.2 Å². The van der Waals surface area contributed by atoms with Gasteiger partial charge in [0.05, 0.1) is 18.2 Å². The third-order valence-corrected chi connectivity index (χ3v) is 6.07. The van der Waals surface area contributed by atoms with Crippen molar-refractivity contribution < 1.29 is 42.1 Å². The number of ether oxygens (including phenoxy) is 2. The van der Waals surface area contributed by atoms with Crippen molar-refractivity contribution in [3.63, 3.8) is 0 Å². The Bertz CT molecular complexity index is 1080. The Morgan fingerprint density at radius 2 is 1.75 bits per heavy atom. The molecule has 3 atom stereocenters. The predicted molar refractivity (Wildman–Crippen MR) is 126 cm³/mol. The Morgan fingerprint density at radius 3 is 2.33 bits per heavy atom. The summed E-state index contributed by atoms with van der Waals surface area (Å²) in [7, 11) is 0. The van der Waals surface area contributed by atoms with Crippen LogP contribution in [0.5, 0.6) is 5.75 Å². The van der Waals surface area contributed by atoms with Crippen LogP contribution in [0.3, 0.4) is 0 Å². The summed E-state index contributed by atoms with van der Waals surface area (Å²) in [5.74, 6) is -2.46. The van der Waals surface area contributed by atoms with Gasteiger partial charge in [0.25, 0.3) is 0 Å². The van der Waals surface area contributed by atoms with Crippen LogP contribution in [-0.2, 0) is 9.53 Å². The van der Waals surface area contributed by atoms with E-state index in [-0.39, 0.29) is 17.9 Å². The molecule has 3 rings (SSSR count). The van der Waals surface area contributed by atoms with Crippen LogP contribution in [0.2, 0.25) is 0 Å². The summed E-state index contributed by atoms with van der Waals surface area (Å²) in [6, 6.07) is 11.5. The maximum Gasteiger partial charge on any atom is 0.471 e. The molecule has 0 spiro atoms. The lowest BCUT2D eigenvalue weighted by Gasteiger charge is -2.30. The summed E-state index contributed by atoms with van der Waals surface area (Å²) in [6.07, 6.45) is -6.51. The number of likely N-dealkylation sites (tertiary alicyclic amines) is 1. The molecule has 0 aromatic heterocycles. The third-order valence-electron chi connectivity index (χ3n) is 5.54. The summed E-state index contributed by atoms with van der Waals surface area (Å²) >= 11 is 3.30. The number of esters is 1. The van der Waals surface area contributed by atoms with E-state index in [0.717, 1.165) is 4.47 Å². The molecule has 12 heteroatoms. The lowest BCUT2D eigenvalue weighted by Crippen LogP contribution is -2.45. The molecule has 2 N–H and O–H groups in total. The first-order chi connectivity index (χ1) is 16.9. The molecular formula is C24H24BrF3N2O6. The van der Waals surface area contributed by atoms with Crippen molar-refractivity contribution in [2.75, 3.05) is 13.1 Å². The van der Waals surface area contributed by atoms with E-state index < -0.39 is 42.4 Å². The van der Waals surface area contributed by atoms with E-state index in [1.165, 1.54) is 36.1 Å². The molecular weight excluding hydrogens is 549 g/mol. The normalized spacial score (nSPS) is 17.6. The molecule has 0 aliphatic carbocycles. The largest absolute Gasteiger partial charge is 0.484 e. The summed E-state index contributed by atoms with van der Waals surface area (Å²) in [5.41, 5.74) is 0.727. The number of alkyl halides is 3. The number of halogens is 4. The van der Waals surface area contributed by atoms with Gasteiger partial charge in [-0.25, -0.2) is 9.59 Å². The Morgan fingerprint density at radius 1 is 1.11 bits per heavy atom. The molecule has 8 nitrogen and oxygen atoms in total. The smallest absolute Gasteiger partial charge is 0.471 e. The van der Waals surface area contributed by atoms with Crippen LogP contribution in [0.1, 0.15) is 41.8 Å². The number of carbonyl (C=O) groups excluding carboxylic acids is 2. The highest BCUT2D eigenvalue weighted by molar-refractivity contribution is 9.10. The van der Waals surface area contributed by atoms with Crippen LogP contribution in [0, 0.1) is 0 Å². The Labute approximate surface area is 213 Å². The van der Waals surface area contributed by atoms with Gasteiger partial charge >= 0.3 is 24.1 Å². The number of rotatable bonds is 7. The topological polar surface area (TPSA) is 105 Å². The highest BCUT2D eigenvalue weighted by Crippen LogP contribution is 2.28. The second kappa shape index (κ2) is 11.6. The minimum absolute atomic E-state index is 0.0959. The summed E-state index contributed by atoms with van der Waals surface area (Å²) in [5, 5.41) is 11.0. The van der Waals surface area contributed by atoms with E-state index in [4.69, 9.17) is 14.6 Å². The second-order valence-electron chi connectivity index (χ2n) is 8.27. The van der Waals surface area contributed by atoms with Crippen LogP contribution in [0.15, 0.2) is 53.0 Å². The molecule has 2 aromatic carbocycles. The van der Waals surface area contributed by atoms with Gasteiger partial charge in [0, 0.05) is 11.0 Å². The molecule has 194 valence electrons. The maximum atomic E-state index is 12.8. The van der Waals surface area contributed by atoms with Gasteiger partial charge in [0.15, 0.2) is 0 Å². The highest BCUT2D eigenvalue weighted by Gasteiger charge is 2.40. The number of carboxylic acid groups (broad SMARTS) is 1.